The Hall–Kier alpha value is -0.520. The monoisotopic (exact) mass is 210 g/mol. The van der Waals surface area contributed by atoms with E-state index in [4.69, 9.17) is 6.42 Å². The number of terminal acetylenes is 1. The molecule has 0 aliphatic carbocycles. The SMILES string of the molecule is C#CCN(CC)CC(C)(C)CNCCC. The van der Waals surface area contributed by atoms with E-state index in [1.54, 1.807) is 0 Å². The van der Waals surface area contributed by atoms with Crippen molar-refractivity contribution >= 4 is 0 Å². The third kappa shape index (κ3) is 7.41. The van der Waals surface area contributed by atoms with Gasteiger partial charge in [-0.2, -0.15) is 0 Å². The van der Waals surface area contributed by atoms with Gasteiger partial charge in [-0.1, -0.05) is 33.6 Å². The van der Waals surface area contributed by atoms with Crippen LogP contribution in [-0.2, 0) is 0 Å². The molecule has 0 bridgehead atoms. The van der Waals surface area contributed by atoms with E-state index in [2.05, 4.69) is 43.8 Å². The molecule has 0 amide bonds. The number of hydrogen-bond donors (Lipinski definition) is 1. The van der Waals surface area contributed by atoms with E-state index in [-0.39, 0.29) is 0 Å². The number of nitrogens with one attached hydrogen (secondary N) is 1. The molecular formula is C13H26N2. The average Bonchev–Trinajstić information content (AvgIpc) is 2.17. The molecule has 0 rings (SSSR count). The number of rotatable bonds is 8. The predicted molar refractivity (Wildman–Crippen MR) is 67.9 cm³/mol. The second kappa shape index (κ2) is 7.73. The smallest absolute Gasteiger partial charge is 0.0599 e. The number of hydrogen-bond acceptors (Lipinski definition) is 2. The van der Waals surface area contributed by atoms with Crippen molar-refractivity contribution < 1.29 is 0 Å². The molecule has 0 aromatic carbocycles. The fourth-order valence-electron chi connectivity index (χ4n) is 1.67. The van der Waals surface area contributed by atoms with Crippen molar-refractivity contribution in [1.82, 2.24) is 10.2 Å². The van der Waals surface area contributed by atoms with Crippen LogP contribution in [0.25, 0.3) is 0 Å². The zero-order valence-electron chi connectivity index (χ0n) is 10.8. The van der Waals surface area contributed by atoms with Crippen LogP contribution in [0.15, 0.2) is 0 Å². The maximum absolute atomic E-state index is 5.34. The zero-order chi connectivity index (χ0) is 11.7. The lowest BCUT2D eigenvalue weighted by Gasteiger charge is -2.31. The minimum Gasteiger partial charge on any atom is -0.316 e. The summed E-state index contributed by atoms with van der Waals surface area (Å²) in [7, 11) is 0. The molecule has 1 N–H and O–H groups in total. The van der Waals surface area contributed by atoms with Gasteiger partial charge in [0.2, 0.25) is 0 Å². The molecule has 0 aromatic heterocycles. The lowest BCUT2D eigenvalue weighted by atomic mass is 9.92. The Balaban J connectivity index is 3.93. The Labute approximate surface area is 95.4 Å². The first-order valence-electron chi connectivity index (χ1n) is 5.92. The van der Waals surface area contributed by atoms with Crippen LogP contribution in [0.4, 0.5) is 0 Å². The van der Waals surface area contributed by atoms with Crippen LogP contribution in [0, 0.1) is 17.8 Å². The van der Waals surface area contributed by atoms with Gasteiger partial charge in [0.25, 0.3) is 0 Å². The molecule has 0 radical (unpaired) electrons. The van der Waals surface area contributed by atoms with Crippen LogP contribution in [0.1, 0.15) is 34.1 Å². The molecule has 2 nitrogen and oxygen atoms in total. The summed E-state index contributed by atoms with van der Waals surface area (Å²) in [6, 6.07) is 0. The summed E-state index contributed by atoms with van der Waals surface area (Å²) in [6.45, 7) is 13.9. The molecule has 0 atom stereocenters. The van der Waals surface area contributed by atoms with Gasteiger partial charge >= 0.3 is 0 Å². The normalized spacial score (nSPS) is 11.7. The van der Waals surface area contributed by atoms with Crippen molar-refractivity contribution in [3.63, 3.8) is 0 Å². The first-order chi connectivity index (χ1) is 7.05. The van der Waals surface area contributed by atoms with Gasteiger partial charge in [0, 0.05) is 13.1 Å². The highest BCUT2D eigenvalue weighted by Crippen LogP contribution is 2.15. The standard InChI is InChI=1S/C13H26N2/c1-6-9-14-11-13(4,5)12-15(8-3)10-7-2/h2,14H,6,8-12H2,1,3-5H3. The largest absolute Gasteiger partial charge is 0.316 e. The lowest BCUT2D eigenvalue weighted by Crippen LogP contribution is -2.40. The topological polar surface area (TPSA) is 15.3 Å². The fourth-order valence-corrected chi connectivity index (χ4v) is 1.67. The van der Waals surface area contributed by atoms with Crippen molar-refractivity contribution in [2.24, 2.45) is 5.41 Å². The van der Waals surface area contributed by atoms with Crippen molar-refractivity contribution in [1.29, 1.82) is 0 Å². The van der Waals surface area contributed by atoms with Crippen LogP contribution in [-0.4, -0.2) is 37.6 Å². The molecule has 0 heterocycles. The highest BCUT2D eigenvalue weighted by atomic mass is 15.1. The Kier molecular flexibility index (Phi) is 7.46. The molecule has 15 heavy (non-hydrogen) atoms. The summed E-state index contributed by atoms with van der Waals surface area (Å²) in [5.41, 5.74) is 0.294. The van der Waals surface area contributed by atoms with E-state index < -0.39 is 0 Å². The highest BCUT2D eigenvalue weighted by molar-refractivity contribution is 4.89. The van der Waals surface area contributed by atoms with Crippen LogP contribution >= 0.6 is 0 Å². The molecule has 0 saturated heterocycles. The number of nitrogens with zero attached hydrogens (tertiary/aromatic N) is 1. The summed E-state index contributed by atoms with van der Waals surface area (Å²) in [5, 5.41) is 3.47. The van der Waals surface area contributed by atoms with Crippen LogP contribution in [0.3, 0.4) is 0 Å². The van der Waals surface area contributed by atoms with E-state index in [0.717, 1.165) is 32.7 Å². The van der Waals surface area contributed by atoms with Gasteiger partial charge in [-0.3, -0.25) is 4.90 Å². The molecular weight excluding hydrogens is 184 g/mol. The molecule has 0 fully saturated rings. The van der Waals surface area contributed by atoms with Crippen molar-refractivity contribution in [2.75, 3.05) is 32.7 Å². The van der Waals surface area contributed by atoms with E-state index in [1.165, 1.54) is 6.42 Å². The molecule has 88 valence electrons. The summed E-state index contributed by atoms with van der Waals surface area (Å²) in [4.78, 5) is 2.31. The average molecular weight is 210 g/mol. The highest BCUT2D eigenvalue weighted by Gasteiger charge is 2.20. The van der Waals surface area contributed by atoms with Crippen LogP contribution < -0.4 is 5.32 Å². The first kappa shape index (κ1) is 14.5. The maximum Gasteiger partial charge on any atom is 0.0599 e. The molecule has 0 saturated carbocycles. The Morgan fingerprint density at radius 3 is 2.47 bits per heavy atom. The summed E-state index contributed by atoms with van der Waals surface area (Å²) in [5.74, 6) is 2.71. The van der Waals surface area contributed by atoms with Crippen LogP contribution in [0.5, 0.6) is 0 Å². The first-order valence-corrected chi connectivity index (χ1v) is 5.92. The molecule has 0 aliphatic rings. The minimum atomic E-state index is 0.294. The quantitative estimate of drug-likeness (QED) is 0.487. The van der Waals surface area contributed by atoms with Gasteiger partial charge in [-0.15, -0.1) is 6.42 Å². The molecule has 2 heteroatoms. The zero-order valence-corrected chi connectivity index (χ0v) is 10.8. The fraction of sp³-hybridized carbons (Fsp3) is 0.846. The van der Waals surface area contributed by atoms with E-state index >= 15 is 0 Å². The third-order valence-corrected chi connectivity index (χ3v) is 2.44. The van der Waals surface area contributed by atoms with E-state index in [0.29, 0.717) is 5.41 Å². The van der Waals surface area contributed by atoms with Gasteiger partial charge in [-0.05, 0) is 24.9 Å². The maximum atomic E-state index is 5.34. The second-order valence-electron chi connectivity index (χ2n) is 4.85. The Bertz CT molecular complexity index is 191. The second-order valence-corrected chi connectivity index (χ2v) is 4.85. The summed E-state index contributed by atoms with van der Waals surface area (Å²) in [6.07, 6.45) is 6.53. The predicted octanol–water partition coefficient (Wildman–Crippen LogP) is 1.97. The lowest BCUT2D eigenvalue weighted by molar-refractivity contribution is 0.197. The van der Waals surface area contributed by atoms with E-state index in [9.17, 15) is 0 Å². The van der Waals surface area contributed by atoms with Gasteiger partial charge < -0.3 is 5.32 Å². The summed E-state index contributed by atoms with van der Waals surface area (Å²) >= 11 is 0. The van der Waals surface area contributed by atoms with E-state index in [1.807, 2.05) is 0 Å². The molecule has 0 spiro atoms. The van der Waals surface area contributed by atoms with Crippen molar-refractivity contribution in [3.8, 4) is 12.3 Å². The van der Waals surface area contributed by atoms with Crippen molar-refractivity contribution in [2.45, 2.75) is 34.1 Å². The van der Waals surface area contributed by atoms with Gasteiger partial charge in [0.1, 0.15) is 0 Å². The molecule has 0 aromatic rings. The van der Waals surface area contributed by atoms with Crippen molar-refractivity contribution in [3.05, 3.63) is 0 Å². The Morgan fingerprint density at radius 1 is 1.33 bits per heavy atom. The molecule has 0 unspecified atom stereocenters. The van der Waals surface area contributed by atoms with Gasteiger partial charge in [0.05, 0.1) is 6.54 Å². The Morgan fingerprint density at radius 2 is 2.00 bits per heavy atom. The van der Waals surface area contributed by atoms with Crippen LogP contribution in [0.2, 0.25) is 0 Å². The third-order valence-electron chi connectivity index (χ3n) is 2.44. The molecule has 0 aliphatic heterocycles. The minimum absolute atomic E-state index is 0.294. The van der Waals surface area contributed by atoms with Gasteiger partial charge in [-0.25, -0.2) is 0 Å². The summed E-state index contributed by atoms with van der Waals surface area (Å²) < 4.78 is 0. The van der Waals surface area contributed by atoms with Gasteiger partial charge in [0.15, 0.2) is 0 Å².